The Bertz CT molecular complexity index is 150. The Labute approximate surface area is 74.6 Å². The summed E-state index contributed by atoms with van der Waals surface area (Å²) in [5.74, 6) is 0. The summed E-state index contributed by atoms with van der Waals surface area (Å²) in [4.78, 5) is 0. The van der Waals surface area contributed by atoms with E-state index in [1.54, 1.807) is 26.2 Å². The zero-order valence-corrected chi connectivity index (χ0v) is 7.92. The van der Waals surface area contributed by atoms with Crippen molar-refractivity contribution in [2.45, 2.75) is 31.5 Å². The summed E-state index contributed by atoms with van der Waals surface area (Å²) in [5.41, 5.74) is -0.843. The third-order valence-corrected chi connectivity index (χ3v) is 1.92. The van der Waals surface area contributed by atoms with E-state index in [0.29, 0.717) is 12.8 Å². The standard InChI is InChI=1S/C10H18O2/c1-5-7-9(12-4)10(3,11)8-6-2/h5-6,9,11H,1-2,7-8H2,3-4H3. The SMILES string of the molecule is C=CCC(OC)C(C)(O)CC=C. The number of methoxy groups -OCH3 is 1. The monoisotopic (exact) mass is 170 g/mol. The second-order valence-corrected chi connectivity index (χ2v) is 3.10. The second kappa shape index (κ2) is 5.12. The summed E-state index contributed by atoms with van der Waals surface area (Å²) in [6.07, 6.45) is 4.41. The number of hydrogen-bond acceptors (Lipinski definition) is 2. The molecule has 0 saturated heterocycles. The molecule has 0 aliphatic heterocycles. The van der Waals surface area contributed by atoms with Crippen LogP contribution in [-0.2, 0) is 4.74 Å². The van der Waals surface area contributed by atoms with Crippen LogP contribution >= 0.6 is 0 Å². The van der Waals surface area contributed by atoms with Gasteiger partial charge < -0.3 is 9.84 Å². The minimum absolute atomic E-state index is 0.201. The van der Waals surface area contributed by atoms with Crippen LogP contribution < -0.4 is 0 Å². The van der Waals surface area contributed by atoms with Crippen LogP contribution in [0.3, 0.4) is 0 Å². The fraction of sp³-hybridized carbons (Fsp3) is 0.600. The Morgan fingerprint density at radius 2 is 2.08 bits per heavy atom. The van der Waals surface area contributed by atoms with Gasteiger partial charge in [-0.1, -0.05) is 12.2 Å². The molecule has 2 atom stereocenters. The third-order valence-electron chi connectivity index (χ3n) is 1.92. The maximum atomic E-state index is 9.86. The Kier molecular flexibility index (Phi) is 4.86. The molecule has 0 aliphatic carbocycles. The summed E-state index contributed by atoms with van der Waals surface area (Å²) < 4.78 is 5.14. The molecule has 12 heavy (non-hydrogen) atoms. The minimum Gasteiger partial charge on any atom is -0.387 e. The molecule has 0 aromatic carbocycles. The van der Waals surface area contributed by atoms with Crippen molar-refractivity contribution in [1.82, 2.24) is 0 Å². The lowest BCUT2D eigenvalue weighted by Crippen LogP contribution is -2.39. The summed E-state index contributed by atoms with van der Waals surface area (Å²) in [7, 11) is 1.59. The maximum Gasteiger partial charge on any atom is 0.0917 e. The molecular weight excluding hydrogens is 152 g/mol. The van der Waals surface area contributed by atoms with Crippen LogP contribution in [0.2, 0.25) is 0 Å². The molecule has 0 aliphatic rings. The van der Waals surface area contributed by atoms with E-state index in [4.69, 9.17) is 4.74 Å². The van der Waals surface area contributed by atoms with E-state index in [1.165, 1.54) is 0 Å². The smallest absolute Gasteiger partial charge is 0.0917 e. The van der Waals surface area contributed by atoms with Gasteiger partial charge in [-0.2, -0.15) is 0 Å². The van der Waals surface area contributed by atoms with Gasteiger partial charge in [-0.3, -0.25) is 0 Å². The van der Waals surface area contributed by atoms with Gasteiger partial charge >= 0.3 is 0 Å². The van der Waals surface area contributed by atoms with Crippen molar-refractivity contribution in [3.8, 4) is 0 Å². The molecule has 0 heterocycles. The van der Waals surface area contributed by atoms with Crippen LogP contribution in [0.4, 0.5) is 0 Å². The zero-order chi connectivity index (χ0) is 9.61. The molecule has 0 aromatic heterocycles. The number of aliphatic hydroxyl groups is 1. The fourth-order valence-corrected chi connectivity index (χ4v) is 1.18. The topological polar surface area (TPSA) is 29.5 Å². The molecule has 70 valence electrons. The molecule has 1 N–H and O–H groups in total. The molecule has 0 bridgehead atoms. The molecule has 2 unspecified atom stereocenters. The predicted octanol–water partition coefficient (Wildman–Crippen LogP) is 1.90. The van der Waals surface area contributed by atoms with Gasteiger partial charge in [-0.15, -0.1) is 13.2 Å². The van der Waals surface area contributed by atoms with Gasteiger partial charge in [0.25, 0.3) is 0 Å². The first-order valence-electron chi connectivity index (χ1n) is 4.05. The largest absolute Gasteiger partial charge is 0.387 e. The lowest BCUT2D eigenvalue weighted by molar-refractivity contribution is -0.0776. The van der Waals surface area contributed by atoms with Crippen molar-refractivity contribution in [3.63, 3.8) is 0 Å². The van der Waals surface area contributed by atoms with E-state index in [9.17, 15) is 5.11 Å². The maximum absolute atomic E-state index is 9.86. The second-order valence-electron chi connectivity index (χ2n) is 3.10. The number of hydrogen-bond donors (Lipinski definition) is 1. The number of rotatable bonds is 6. The molecule has 0 spiro atoms. The highest BCUT2D eigenvalue weighted by atomic mass is 16.5. The average Bonchev–Trinajstić information content (AvgIpc) is 1.99. The van der Waals surface area contributed by atoms with Crippen LogP contribution in [0.25, 0.3) is 0 Å². The summed E-state index contributed by atoms with van der Waals surface area (Å²) in [6.45, 7) is 8.93. The van der Waals surface area contributed by atoms with Crippen molar-refractivity contribution in [1.29, 1.82) is 0 Å². The summed E-state index contributed by atoms with van der Waals surface area (Å²) >= 11 is 0. The van der Waals surface area contributed by atoms with E-state index >= 15 is 0 Å². The van der Waals surface area contributed by atoms with Gasteiger partial charge in [-0.05, 0) is 19.8 Å². The highest BCUT2D eigenvalue weighted by Gasteiger charge is 2.29. The quantitative estimate of drug-likeness (QED) is 0.617. The van der Waals surface area contributed by atoms with Crippen molar-refractivity contribution in [2.75, 3.05) is 7.11 Å². The fourth-order valence-electron chi connectivity index (χ4n) is 1.18. The molecule has 0 amide bonds. The van der Waals surface area contributed by atoms with Crippen molar-refractivity contribution in [2.24, 2.45) is 0 Å². The molecule has 0 radical (unpaired) electrons. The Balaban J connectivity index is 4.23. The normalized spacial score (nSPS) is 17.9. The van der Waals surface area contributed by atoms with Crippen molar-refractivity contribution >= 4 is 0 Å². The van der Waals surface area contributed by atoms with E-state index < -0.39 is 5.60 Å². The van der Waals surface area contributed by atoms with Crippen LogP contribution in [0, 0.1) is 0 Å². The highest BCUT2D eigenvalue weighted by molar-refractivity contribution is 4.92. The minimum atomic E-state index is -0.843. The average molecular weight is 170 g/mol. The van der Waals surface area contributed by atoms with Gasteiger partial charge in [0.15, 0.2) is 0 Å². The van der Waals surface area contributed by atoms with Gasteiger partial charge in [0.1, 0.15) is 0 Å². The van der Waals surface area contributed by atoms with Crippen LogP contribution in [0.1, 0.15) is 19.8 Å². The van der Waals surface area contributed by atoms with Gasteiger partial charge in [0.05, 0.1) is 11.7 Å². The van der Waals surface area contributed by atoms with E-state index in [2.05, 4.69) is 13.2 Å². The van der Waals surface area contributed by atoms with Crippen LogP contribution in [0.15, 0.2) is 25.3 Å². The molecule has 2 nitrogen and oxygen atoms in total. The van der Waals surface area contributed by atoms with E-state index in [-0.39, 0.29) is 6.10 Å². The Hall–Kier alpha value is -0.600. The third kappa shape index (κ3) is 3.20. The van der Waals surface area contributed by atoms with E-state index in [1.807, 2.05) is 0 Å². The van der Waals surface area contributed by atoms with Crippen molar-refractivity contribution < 1.29 is 9.84 Å². The van der Waals surface area contributed by atoms with Gasteiger partial charge in [0.2, 0.25) is 0 Å². The molecule has 0 rings (SSSR count). The predicted molar refractivity (Wildman–Crippen MR) is 51.0 cm³/mol. The molecule has 2 heteroatoms. The van der Waals surface area contributed by atoms with E-state index in [0.717, 1.165) is 0 Å². The lowest BCUT2D eigenvalue weighted by Gasteiger charge is -2.30. The Morgan fingerprint density at radius 1 is 1.50 bits per heavy atom. The number of ether oxygens (including phenoxy) is 1. The molecule has 0 aromatic rings. The molecular formula is C10H18O2. The first-order valence-corrected chi connectivity index (χ1v) is 4.05. The Morgan fingerprint density at radius 3 is 2.42 bits per heavy atom. The van der Waals surface area contributed by atoms with Crippen LogP contribution in [-0.4, -0.2) is 23.9 Å². The lowest BCUT2D eigenvalue weighted by atomic mass is 9.93. The van der Waals surface area contributed by atoms with Gasteiger partial charge in [0, 0.05) is 7.11 Å². The van der Waals surface area contributed by atoms with Gasteiger partial charge in [-0.25, -0.2) is 0 Å². The first-order chi connectivity index (χ1) is 5.58. The van der Waals surface area contributed by atoms with Crippen LogP contribution in [0.5, 0.6) is 0 Å². The first kappa shape index (κ1) is 11.4. The zero-order valence-electron chi connectivity index (χ0n) is 7.92. The molecule has 0 saturated carbocycles. The summed E-state index contributed by atoms with van der Waals surface area (Å²) in [5, 5.41) is 9.86. The van der Waals surface area contributed by atoms with Crippen molar-refractivity contribution in [3.05, 3.63) is 25.3 Å². The highest BCUT2D eigenvalue weighted by Crippen LogP contribution is 2.20. The molecule has 0 fully saturated rings. The summed E-state index contributed by atoms with van der Waals surface area (Å²) in [6, 6.07) is 0.